The fourth-order valence-corrected chi connectivity index (χ4v) is 3.50. The molecule has 0 aliphatic carbocycles. The molecule has 1 aromatic rings. The third kappa shape index (κ3) is 2.68. The van der Waals surface area contributed by atoms with Crippen molar-refractivity contribution in [2.24, 2.45) is 5.73 Å². The predicted molar refractivity (Wildman–Crippen MR) is 68.6 cm³/mol. The van der Waals surface area contributed by atoms with Gasteiger partial charge in [0.15, 0.2) is 0 Å². The van der Waals surface area contributed by atoms with Crippen LogP contribution in [0.1, 0.15) is 29.9 Å². The second-order valence-corrected chi connectivity index (χ2v) is 5.58. The van der Waals surface area contributed by atoms with Gasteiger partial charge in [-0.3, -0.25) is 0 Å². The van der Waals surface area contributed by atoms with Crippen molar-refractivity contribution in [1.82, 2.24) is 0 Å². The van der Waals surface area contributed by atoms with E-state index in [1.165, 1.54) is 29.9 Å². The molecule has 0 aromatic heterocycles. The zero-order chi connectivity index (χ0) is 10.7. The molecule has 82 valence electrons. The molecular weight excluding hydrogens is 226 g/mol. The number of benzene rings is 1. The standard InChI is InChI=1S/C12H16ClNS/c13-12-7-9(8-14)1-2-11(12)10-3-5-15-6-4-10/h1-2,7,10H,3-6,8,14H2. The number of rotatable bonds is 2. The Morgan fingerprint density at radius 2 is 2.07 bits per heavy atom. The minimum Gasteiger partial charge on any atom is -0.326 e. The van der Waals surface area contributed by atoms with E-state index in [0.717, 1.165) is 10.6 Å². The number of halogens is 1. The monoisotopic (exact) mass is 241 g/mol. The van der Waals surface area contributed by atoms with Gasteiger partial charge in [-0.2, -0.15) is 11.8 Å². The molecule has 1 aliphatic rings. The van der Waals surface area contributed by atoms with Crippen LogP contribution in [-0.4, -0.2) is 11.5 Å². The molecule has 1 saturated heterocycles. The molecule has 0 spiro atoms. The van der Waals surface area contributed by atoms with Gasteiger partial charge in [0.1, 0.15) is 0 Å². The van der Waals surface area contributed by atoms with Gasteiger partial charge in [0, 0.05) is 11.6 Å². The molecule has 2 rings (SSSR count). The highest BCUT2D eigenvalue weighted by Crippen LogP contribution is 2.35. The van der Waals surface area contributed by atoms with E-state index in [4.69, 9.17) is 17.3 Å². The zero-order valence-corrected chi connectivity index (χ0v) is 10.3. The molecule has 0 bridgehead atoms. The predicted octanol–water partition coefficient (Wildman–Crippen LogP) is 3.41. The van der Waals surface area contributed by atoms with Gasteiger partial charge in [0.2, 0.25) is 0 Å². The van der Waals surface area contributed by atoms with Gasteiger partial charge in [0.25, 0.3) is 0 Å². The van der Waals surface area contributed by atoms with Crippen molar-refractivity contribution in [3.63, 3.8) is 0 Å². The first-order valence-corrected chi connectivity index (χ1v) is 6.90. The highest BCUT2D eigenvalue weighted by molar-refractivity contribution is 7.99. The second-order valence-electron chi connectivity index (χ2n) is 3.95. The molecule has 0 radical (unpaired) electrons. The lowest BCUT2D eigenvalue weighted by molar-refractivity contribution is 0.637. The van der Waals surface area contributed by atoms with Crippen LogP contribution in [0.25, 0.3) is 0 Å². The van der Waals surface area contributed by atoms with E-state index in [1.54, 1.807) is 0 Å². The van der Waals surface area contributed by atoms with E-state index >= 15 is 0 Å². The summed E-state index contributed by atoms with van der Waals surface area (Å²) in [5.41, 5.74) is 8.02. The summed E-state index contributed by atoms with van der Waals surface area (Å²) in [7, 11) is 0. The van der Waals surface area contributed by atoms with E-state index in [-0.39, 0.29) is 0 Å². The van der Waals surface area contributed by atoms with E-state index in [2.05, 4.69) is 12.1 Å². The first-order valence-electron chi connectivity index (χ1n) is 5.37. The van der Waals surface area contributed by atoms with E-state index in [1.807, 2.05) is 17.8 Å². The van der Waals surface area contributed by atoms with Crippen molar-refractivity contribution in [2.75, 3.05) is 11.5 Å². The maximum Gasteiger partial charge on any atom is 0.0444 e. The highest BCUT2D eigenvalue weighted by Gasteiger charge is 2.18. The van der Waals surface area contributed by atoms with Gasteiger partial charge in [-0.25, -0.2) is 0 Å². The van der Waals surface area contributed by atoms with Crippen molar-refractivity contribution in [1.29, 1.82) is 0 Å². The fraction of sp³-hybridized carbons (Fsp3) is 0.500. The first-order chi connectivity index (χ1) is 7.31. The number of nitrogens with two attached hydrogens (primary N) is 1. The van der Waals surface area contributed by atoms with Gasteiger partial charge in [0.05, 0.1) is 0 Å². The van der Waals surface area contributed by atoms with Gasteiger partial charge >= 0.3 is 0 Å². The average molecular weight is 242 g/mol. The quantitative estimate of drug-likeness (QED) is 0.859. The van der Waals surface area contributed by atoms with Crippen LogP contribution >= 0.6 is 23.4 Å². The topological polar surface area (TPSA) is 26.0 Å². The Kier molecular flexibility index (Phi) is 3.95. The van der Waals surface area contributed by atoms with Gasteiger partial charge in [-0.1, -0.05) is 23.7 Å². The summed E-state index contributed by atoms with van der Waals surface area (Å²) in [5.74, 6) is 3.18. The molecule has 0 atom stereocenters. The van der Waals surface area contributed by atoms with E-state index < -0.39 is 0 Å². The molecule has 1 nitrogen and oxygen atoms in total. The number of hydrogen-bond donors (Lipinski definition) is 1. The van der Waals surface area contributed by atoms with Crippen LogP contribution in [0.4, 0.5) is 0 Å². The Hall–Kier alpha value is -0.180. The zero-order valence-electron chi connectivity index (χ0n) is 8.71. The first kappa shape index (κ1) is 11.3. The Bertz CT molecular complexity index is 334. The average Bonchev–Trinajstić information content (AvgIpc) is 2.30. The molecule has 0 unspecified atom stereocenters. The van der Waals surface area contributed by atoms with Gasteiger partial charge in [-0.15, -0.1) is 0 Å². The Morgan fingerprint density at radius 3 is 2.67 bits per heavy atom. The molecule has 0 amide bonds. The molecule has 2 N–H and O–H groups in total. The van der Waals surface area contributed by atoms with Crippen LogP contribution in [-0.2, 0) is 6.54 Å². The van der Waals surface area contributed by atoms with Crippen LogP contribution in [0.3, 0.4) is 0 Å². The highest BCUT2D eigenvalue weighted by atomic mass is 35.5. The third-order valence-corrected chi connectivity index (χ3v) is 4.34. The summed E-state index contributed by atoms with van der Waals surface area (Å²) in [5, 5.41) is 0.898. The second kappa shape index (κ2) is 5.24. The maximum absolute atomic E-state index is 6.28. The molecule has 0 saturated carbocycles. The molecule has 1 aromatic carbocycles. The summed E-state index contributed by atoms with van der Waals surface area (Å²) in [6.07, 6.45) is 2.51. The number of hydrogen-bond acceptors (Lipinski definition) is 2. The van der Waals surface area contributed by atoms with Crippen LogP contribution in [0.15, 0.2) is 18.2 Å². The molecule has 1 aliphatic heterocycles. The SMILES string of the molecule is NCc1ccc(C2CCSCC2)c(Cl)c1. The Balaban J connectivity index is 2.19. The summed E-state index contributed by atoms with van der Waals surface area (Å²) >= 11 is 8.32. The fourth-order valence-electron chi connectivity index (χ4n) is 2.04. The lowest BCUT2D eigenvalue weighted by atomic mass is 9.93. The minimum absolute atomic E-state index is 0.570. The molecular formula is C12H16ClNS. The Labute approximate surface area is 100 Å². The summed E-state index contributed by atoms with van der Waals surface area (Å²) in [6, 6.07) is 6.27. The molecule has 3 heteroatoms. The third-order valence-electron chi connectivity index (χ3n) is 2.96. The molecule has 1 fully saturated rings. The Morgan fingerprint density at radius 1 is 1.33 bits per heavy atom. The van der Waals surface area contributed by atoms with Crippen LogP contribution < -0.4 is 5.73 Å². The van der Waals surface area contributed by atoms with Crippen molar-refractivity contribution >= 4 is 23.4 Å². The van der Waals surface area contributed by atoms with Crippen molar-refractivity contribution < 1.29 is 0 Å². The summed E-state index contributed by atoms with van der Waals surface area (Å²) in [6.45, 7) is 0.570. The number of thioether (sulfide) groups is 1. The van der Waals surface area contributed by atoms with Gasteiger partial charge < -0.3 is 5.73 Å². The van der Waals surface area contributed by atoms with E-state index in [0.29, 0.717) is 12.5 Å². The lowest BCUT2D eigenvalue weighted by Crippen LogP contribution is -2.08. The van der Waals surface area contributed by atoms with Gasteiger partial charge in [-0.05, 0) is 47.5 Å². The summed E-state index contributed by atoms with van der Waals surface area (Å²) < 4.78 is 0. The largest absolute Gasteiger partial charge is 0.326 e. The van der Waals surface area contributed by atoms with E-state index in [9.17, 15) is 0 Å². The van der Waals surface area contributed by atoms with Crippen molar-refractivity contribution in [3.8, 4) is 0 Å². The lowest BCUT2D eigenvalue weighted by Gasteiger charge is -2.22. The maximum atomic E-state index is 6.28. The smallest absolute Gasteiger partial charge is 0.0444 e. The molecule has 15 heavy (non-hydrogen) atoms. The summed E-state index contributed by atoms with van der Waals surface area (Å²) in [4.78, 5) is 0. The minimum atomic E-state index is 0.570. The van der Waals surface area contributed by atoms with Crippen LogP contribution in [0, 0.1) is 0 Å². The van der Waals surface area contributed by atoms with Crippen molar-refractivity contribution in [3.05, 3.63) is 34.3 Å². The molecule has 1 heterocycles. The normalized spacial score (nSPS) is 18.0. The van der Waals surface area contributed by atoms with Crippen molar-refractivity contribution in [2.45, 2.75) is 25.3 Å². The van der Waals surface area contributed by atoms with Crippen LogP contribution in [0.5, 0.6) is 0 Å². The van der Waals surface area contributed by atoms with Crippen LogP contribution in [0.2, 0.25) is 5.02 Å².